The third-order valence-corrected chi connectivity index (χ3v) is 7.11. The lowest BCUT2D eigenvalue weighted by molar-refractivity contribution is -0.151. The van der Waals surface area contributed by atoms with Crippen LogP contribution >= 0.6 is 0 Å². The molecule has 1 atom stereocenters. The second-order valence-corrected chi connectivity index (χ2v) is 9.99. The predicted molar refractivity (Wildman–Crippen MR) is 152 cm³/mol. The topological polar surface area (TPSA) is 78.0 Å². The van der Waals surface area contributed by atoms with Crippen LogP contribution in [-0.2, 0) is 33.6 Å². The van der Waals surface area contributed by atoms with Crippen LogP contribution in [0.3, 0.4) is 0 Å². The number of halogens is 3. The number of allylic oxidation sites excluding steroid dienone is 2. The molecule has 42 heavy (non-hydrogen) atoms. The number of nitrogens with zero attached hydrogens (tertiary/aromatic N) is 2. The van der Waals surface area contributed by atoms with Crippen LogP contribution < -0.4 is 14.4 Å². The molecule has 7 nitrogen and oxygen atoms in total. The second kappa shape index (κ2) is 13.1. The number of ketones is 1. The molecule has 1 aliphatic carbocycles. The standard InChI is InChI=1S/C32H33F3N2O5/c1-5-42-31(39)26-15-10-23(17-27(26)38)30-29(32(33,34)35)20(2)16-28(36-30)37(18-21-6-11-24(40-3)12-7-21)19-22-8-13-25(41-4)14-9-22/h6-9,11-14,16-17,26H,5,10,15,18-19H2,1-4H3. The van der Waals surface area contributed by atoms with Crippen LogP contribution in [-0.4, -0.2) is 37.6 Å². The van der Waals surface area contributed by atoms with Gasteiger partial charge in [0, 0.05) is 13.1 Å². The first kappa shape index (κ1) is 30.6. The fraction of sp³-hybridized carbons (Fsp3) is 0.344. The van der Waals surface area contributed by atoms with Crippen LogP contribution in [0, 0.1) is 12.8 Å². The van der Waals surface area contributed by atoms with Gasteiger partial charge in [-0.05, 0) is 85.4 Å². The number of hydrogen-bond acceptors (Lipinski definition) is 7. The van der Waals surface area contributed by atoms with Gasteiger partial charge in [-0.2, -0.15) is 13.2 Å². The number of aromatic nitrogens is 1. The number of esters is 1. The third kappa shape index (κ3) is 7.10. The molecule has 0 bridgehead atoms. The molecule has 0 saturated heterocycles. The van der Waals surface area contributed by atoms with Crippen molar-refractivity contribution in [2.45, 2.75) is 46.0 Å². The highest BCUT2D eigenvalue weighted by atomic mass is 19.4. The van der Waals surface area contributed by atoms with Crippen molar-refractivity contribution in [3.05, 3.63) is 88.6 Å². The number of carbonyl (C=O) groups excluding carboxylic acids is 2. The minimum absolute atomic E-state index is 0.0159. The Balaban J connectivity index is 1.79. The van der Waals surface area contributed by atoms with Crippen molar-refractivity contribution >= 4 is 23.1 Å². The van der Waals surface area contributed by atoms with Gasteiger partial charge in [-0.1, -0.05) is 24.3 Å². The molecule has 0 fully saturated rings. The van der Waals surface area contributed by atoms with E-state index >= 15 is 0 Å². The lowest BCUT2D eigenvalue weighted by Crippen LogP contribution is -2.28. The van der Waals surface area contributed by atoms with Crippen molar-refractivity contribution in [3.8, 4) is 11.5 Å². The molecule has 0 radical (unpaired) electrons. The molecule has 1 heterocycles. The van der Waals surface area contributed by atoms with Crippen molar-refractivity contribution in [1.82, 2.24) is 4.98 Å². The zero-order valence-corrected chi connectivity index (χ0v) is 24.0. The summed E-state index contributed by atoms with van der Waals surface area (Å²) in [6.07, 6.45) is -3.47. The van der Waals surface area contributed by atoms with Crippen LogP contribution in [0.5, 0.6) is 11.5 Å². The molecular weight excluding hydrogens is 549 g/mol. The maximum absolute atomic E-state index is 14.4. The van der Waals surface area contributed by atoms with E-state index in [0.29, 0.717) is 30.4 Å². The van der Waals surface area contributed by atoms with Gasteiger partial charge >= 0.3 is 12.1 Å². The zero-order valence-electron chi connectivity index (χ0n) is 24.0. The quantitative estimate of drug-likeness (QED) is 0.198. The Hall–Kier alpha value is -4.34. The normalized spacial score (nSPS) is 15.2. The Kier molecular flexibility index (Phi) is 9.55. The summed E-state index contributed by atoms with van der Waals surface area (Å²) < 4.78 is 58.6. The number of alkyl halides is 3. The maximum Gasteiger partial charge on any atom is 0.418 e. The summed E-state index contributed by atoms with van der Waals surface area (Å²) in [5.41, 5.74) is 0.727. The van der Waals surface area contributed by atoms with Gasteiger partial charge < -0.3 is 19.1 Å². The van der Waals surface area contributed by atoms with Gasteiger partial charge in [0.2, 0.25) is 0 Å². The minimum Gasteiger partial charge on any atom is -0.497 e. The van der Waals surface area contributed by atoms with Crippen LogP contribution in [0.15, 0.2) is 60.7 Å². The number of benzene rings is 2. The smallest absolute Gasteiger partial charge is 0.418 e. The molecule has 4 rings (SSSR count). The SMILES string of the molecule is CCOC(=O)C1CCC(c2nc(N(Cc3ccc(OC)cc3)Cc3ccc(OC)cc3)cc(C)c2C(F)(F)F)=CC1=O. The van der Waals surface area contributed by atoms with Gasteiger partial charge in [0.1, 0.15) is 23.2 Å². The van der Waals surface area contributed by atoms with Crippen molar-refractivity contribution in [2.75, 3.05) is 25.7 Å². The van der Waals surface area contributed by atoms with Crippen molar-refractivity contribution in [2.24, 2.45) is 5.92 Å². The summed E-state index contributed by atoms with van der Waals surface area (Å²) in [5.74, 6) is -0.600. The van der Waals surface area contributed by atoms with E-state index in [0.717, 1.165) is 17.2 Å². The fourth-order valence-electron chi connectivity index (χ4n) is 4.98. The van der Waals surface area contributed by atoms with Gasteiger partial charge in [-0.15, -0.1) is 0 Å². The number of aryl methyl sites for hydroxylation is 1. The third-order valence-electron chi connectivity index (χ3n) is 7.11. The average molecular weight is 583 g/mol. The molecule has 0 spiro atoms. The van der Waals surface area contributed by atoms with Gasteiger partial charge in [0.05, 0.1) is 32.1 Å². The van der Waals surface area contributed by atoms with Gasteiger partial charge in [0.25, 0.3) is 0 Å². The summed E-state index contributed by atoms with van der Waals surface area (Å²) in [7, 11) is 3.14. The first-order valence-electron chi connectivity index (χ1n) is 13.5. The summed E-state index contributed by atoms with van der Waals surface area (Å²) in [4.78, 5) is 31.5. The molecule has 10 heteroatoms. The Morgan fingerprint density at radius 3 is 1.98 bits per heavy atom. The fourth-order valence-corrected chi connectivity index (χ4v) is 4.98. The molecule has 0 saturated carbocycles. The molecule has 1 aliphatic rings. The number of carbonyl (C=O) groups is 2. The Bertz CT molecular complexity index is 1400. The molecule has 2 aromatic carbocycles. The number of rotatable bonds is 10. The Labute approximate surface area is 242 Å². The van der Waals surface area contributed by atoms with E-state index < -0.39 is 29.4 Å². The monoisotopic (exact) mass is 582 g/mol. The second-order valence-electron chi connectivity index (χ2n) is 9.99. The van der Waals surface area contributed by atoms with Crippen molar-refractivity contribution < 1.29 is 37.0 Å². The van der Waals surface area contributed by atoms with Crippen molar-refractivity contribution in [1.29, 1.82) is 0 Å². The number of anilines is 1. The zero-order chi connectivity index (χ0) is 30.4. The molecule has 1 aromatic heterocycles. The molecular formula is C32H33F3N2O5. The number of hydrogen-bond donors (Lipinski definition) is 0. The summed E-state index contributed by atoms with van der Waals surface area (Å²) >= 11 is 0. The largest absolute Gasteiger partial charge is 0.497 e. The first-order chi connectivity index (χ1) is 20.0. The van der Waals surface area contributed by atoms with Crippen LogP contribution in [0.4, 0.5) is 19.0 Å². The van der Waals surface area contributed by atoms with Gasteiger partial charge in [-0.25, -0.2) is 4.98 Å². The van der Waals surface area contributed by atoms with Crippen molar-refractivity contribution in [3.63, 3.8) is 0 Å². The van der Waals surface area contributed by atoms with Gasteiger partial charge in [-0.3, -0.25) is 9.59 Å². The highest BCUT2D eigenvalue weighted by Crippen LogP contribution is 2.41. The first-order valence-corrected chi connectivity index (χ1v) is 13.5. The minimum atomic E-state index is -4.70. The van der Waals surface area contributed by atoms with Crippen LogP contribution in [0.25, 0.3) is 5.57 Å². The molecule has 0 aliphatic heterocycles. The lowest BCUT2D eigenvalue weighted by atomic mass is 9.85. The van der Waals surface area contributed by atoms with E-state index in [1.807, 2.05) is 53.4 Å². The lowest BCUT2D eigenvalue weighted by Gasteiger charge is -2.28. The number of methoxy groups -OCH3 is 2. The predicted octanol–water partition coefficient (Wildman–Crippen LogP) is 6.56. The van der Waals surface area contributed by atoms with Crippen LogP contribution in [0.2, 0.25) is 0 Å². The Morgan fingerprint density at radius 2 is 1.52 bits per heavy atom. The Morgan fingerprint density at radius 1 is 0.976 bits per heavy atom. The molecule has 1 unspecified atom stereocenters. The highest BCUT2D eigenvalue weighted by molar-refractivity contribution is 6.09. The maximum atomic E-state index is 14.4. The van der Waals surface area contributed by atoms with E-state index in [4.69, 9.17) is 14.2 Å². The van der Waals surface area contributed by atoms with E-state index in [1.165, 1.54) is 13.0 Å². The van der Waals surface area contributed by atoms with E-state index in [2.05, 4.69) is 4.98 Å². The summed E-state index contributed by atoms with van der Waals surface area (Å²) in [6, 6.07) is 16.2. The molecule has 3 aromatic rings. The highest BCUT2D eigenvalue weighted by Gasteiger charge is 2.39. The van der Waals surface area contributed by atoms with E-state index in [1.54, 1.807) is 21.1 Å². The molecule has 0 amide bonds. The molecule has 0 N–H and O–H groups in total. The summed E-state index contributed by atoms with van der Waals surface area (Å²) in [6.45, 7) is 3.82. The summed E-state index contributed by atoms with van der Waals surface area (Å²) in [5, 5.41) is 0. The average Bonchev–Trinajstić information content (AvgIpc) is 2.96. The number of pyridine rings is 1. The van der Waals surface area contributed by atoms with E-state index in [-0.39, 0.29) is 36.3 Å². The number of ether oxygens (including phenoxy) is 3. The van der Waals surface area contributed by atoms with E-state index in [9.17, 15) is 22.8 Å². The van der Waals surface area contributed by atoms with Gasteiger partial charge in [0.15, 0.2) is 5.78 Å². The van der Waals surface area contributed by atoms with Crippen LogP contribution in [0.1, 0.15) is 47.7 Å². The molecule has 222 valence electrons.